The summed E-state index contributed by atoms with van der Waals surface area (Å²) in [7, 11) is 0. The van der Waals surface area contributed by atoms with Crippen LogP contribution in [-0.4, -0.2) is 15.0 Å². The number of thiophene rings is 1. The van der Waals surface area contributed by atoms with Gasteiger partial charge >= 0.3 is 0 Å². The molecule has 0 fully saturated rings. The van der Waals surface area contributed by atoms with Crippen LogP contribution in [0.3, 0.4) is 0 Å². The Bertz CT molecular complexity index is 3170. The van der Waals surface area contributed by atoms with Gasteiger partial charge in [0.25, 0.3) is 0 Å². The van der Waals surface area contributed by atoms with Gasteiger partial charge in [-0.2, -0.15) is 0 Å². The van der Waals surface area contributed by atoms with Crippen LogP contribution in [0.1, 0.15) is 0 Å². The Morgan fingerprint density at radius 2 is 0.875 bits per heavy atom. The molecule has 0 aliphatic rings. The van der Waals surface area contributed by atoms with Crippen molar-refractivity contribution < 1.29 is 4.42 Å². The Hall–Kier alpha value is -7.21. The Morgan fingerprint density at radius 3 is 1.55 bits per heavy atom. The lowest BCUT2D eigenvalue weighted by molar-refractivity contribution is 0.669. The van der Waals surface area contributed by atoms with Crippen LogP contribution in [0.4, 0.5) is 0 Å². The molecule has 3 aromatic heterocycles. The fourth-order valence-corrected chi connectivity index (χ4v) is 9.02. The van der Waals surface area contributed by atoms with Crippen LogP contribution in [0.25, 0.3) is 110 Å². The summed E-state index contributed by atoms with van der Waals surface area (Å²) in [5.41, 5.74) is 11.5. The van der Waals surface area contributed by atoms with E-state index in [9.17, 15) is 0 Å². The molecule has 0 atom stereocenters. The summed E-state index contributed by atoms with van der Waals surface area (Å²) < 4.78 is 9.22. The summed E-state index contributed by atoms with van der Waals surface area (Å²) in [5, 5.41) is 4.66. The molecule has 0 saturated carbocycles. The maximum atomic E-state index is 6.69. The first kappa shape index (κ1) is 32.2. The summed E-state index contributed by atoms with van der Waals surface area (Å²) in [5.74, 6) is 1.85. The highest BCUT2D eigenvalue weighted by Gasteiger charge is 2.20. The average Bonchev–Trinajstić information content (AvgIpc) is 3.85. The molecule has 11 aromatic rings. The highest BCUT2D eigenvalue weighted by molar-refractivity contribution is 7.26. The quantitative estimate of drug-likeness (QED) is 0.171. The first-order chi connectivity index (χ1) is 27.7. The van der Waals surface area contributed by atoms with E-state index >= 15 is 0 Å². The van der Waals surface area contributed by atoms with Gasteiger partial charge in [0.05, 0.1) is 0 Å². The van der Waals surface area contributed by atoms with Crippen LogP contribution >= 0.6 is 11.3 Å². The molecule has 0 radical (unpaired) electrons. The van der Waals surface area contributed by atoms with Crippen molar-refractivity contribution in [1.29, 1.82) is 0 Å². The van der Waals surface area contributed by atoms with Crippen molar-refractivity contribution in [3.05, 3.63) is 188 Å². The molecular formula is C51H31N3OS. The molecule has 11 rings (SSSR count). The fourth-order valence-electron chi connectivity index (χ4n) is 7.85. The monoisotopic (exact) mass is 733 g/mol. The van der Waals surface area contributed by atoms with Gasteiger partial charge < -0.3 is 4.42 Å². The fraction of sp³-hybridized carbons (Fsp3) is 0. The minimum absolute atomic E-state index is 0.595. The summed E-state index contributed by atoms with van der Waals surface area (Å²) in [4.78, 5) is 14.8. The molecule has 0 spiro atoms. The molecule has 0 aliphatic heterocycles. The molecule has 4 nitrogen and oxygen atoms in total. The van der Waals surface area contributed by atoms with Crippen molar-refractivity contribution in [1.82, 2.24) is 15.0 Å². The zero-order valence-corrected chi connectivity index (χ0v) is 30.9. The van der Waals surface area contributed by atoms with E-state index in [1.54, 1.807) is 0 Å². The van der Waals surface area contributed by atoms with Gasteiger partial charge in [-0.3, -0.25) is 0 Å². The van der Waals surface area contributed by atoms with Crippen molar-refractivity contribution >= 4 is 53.4 Å². The summed E-state index contributed by atoms with van der Waals surface area (Å²) in [6.07, 6.45) is 0. The molecule has 3 heterocycles. The van der Waals surface area contributed by atoms with E-state index in [2.05, 4.69) is 127 Å². The number of hydrogen-bond donors (Lipinski definition) is 0. The number of nitrogens with zero attached hydrogens (tertiary/aromatic N) is 3. The van der Waals surface area contributed by atoms with Gasteiger partial charge in [0.1, 0.15) is 11.2 Å². The predicted octanol–water partition coefficient (Wildman–Crippen LogP) is 14.1. The number of hydrogen-bond acceptors (Lipinski definition) is 5. The van der Waals surface area contributed by atoms with Crippen molar-refractivity contribution in [3.63, 3.8) is 0 Å². The maximum absolute atomic E-state index is 6.69. The van der Waals surface area contributed by atoms with Gasteiger partial charge in [-0.15, -0.1) is 11.3 Å². The molecule has 262 valence electrons. The highest BCUT2D eigenvalue weighted by Crippen LogP contribution is 2.46. The minimum atomic E-state index is 0.595. The third-order valence-corrected chi connectivity index (χ3v) is 11.7. The zero-order chi connectivity index (χ0) is 37.0. The van der Waals surface area contributed by atoms with Gasteiger partial charge in [0, 0.05) is 47.6 Å². The van der Waals surface area contributed by atoms with Crippen LogP contribution in [0.15, 0.2) is 192 Å². The predicted molar refractivity (Wildman–Crippen MR) is 233 cm³/mol. The molecule has 5 heteroatoms. The maximum Gasteiger partial charge on any atom is 0.164 e. The van der Waals surface area contributed by atoms with Crippen LogP contribution in [0.2, 0.25) is 0 Å². The van der Waals surface area contributed by atoms with Gasteiger partial charge in [-0.25, -0.2) is 15.0 Å². The molecule has 0 saturated heterocycles. The second-order valence-electron chi connectivity index (χ2n) is 14.0. The van der Waals surface area contributed by atoms with E-state index in [0.717, 1.165) is 44.2 Å². The van der Waals surface area contributed by atoms with E-state index in [4.69, 9.17) is 19.4 Å². The Kier molecular flexibility index (Phi) is 7.64. The highest BCUT2D eigenvalue weighted by atomic mass is 32.1. The van der Waals surface area contributed by atoms with Gasteiger partial charge in [-0.1, -0.05) is 152 Å². The number of rotatable bonds is 6. The van der Waals surface area contributed by atoms with Crippen molar-refractivity contribution in [2.24, 2.45) is 0 Å². The second kappa shape index (κ2) is 13.3. The average molecular weight is 734 g/mol. The van der Waals surface area contributed by atoms with Crippen molar-refractivity contribution in [2.75, 3.05) is 0 Å². The first-order valence-corrected chi connectivity index (χ1v) is 19.5. The van der Waals surface area contributed by atoms with Crippen LogP contribution < -0.4 is 0 Å². The van der Waals surface area contributed by atoms with E-state index in [0.29, 0.717) is 17.5 Å². The summed E-state index contributed by atoms with van der Waals surface area (Å²) in [6.45, 7) is 0. The second-order valence-corrected chi connectivity index (χ2v) is 15.1. The molecular weight excluding hydrogens is 703 g/mol. The van der Waals surface area contributed by atoms with Crippen LogP contribution in [0.5, 0.6) is 0 Å². The first-order valence-electron chi connectivity index (χ1n) is 18.7. The number of furan rings is 1. The Balaban J connectivity index is 1.08. The van der Waals surface area contributed by atoms with E-state index in [1.807, 2.05) is 72.0 Å². The van der Waals surface area contributed by atoms with E-state index in [1.165, 1.54) is 48.0 Å². The topological polar surface area (TPSA) is 51.8 Å². The standard InChI is InChI=1S/C51H31N3OS/c1-4-13-32(14-5-1)33-23-25-34(26-24-33)38-29-42(48-41-19-10-11-22-45(41)56-46(48)31-38)39-20-12-21-43-47(39)40-28-27-37(30-44(40)55-43)51-53-49(35-15-6-2-7-16-35)52-50(54-51)36-17-8-3-9-18-36/h1-31H. The zero-order valence-electron chi connectivity index (χ0n) is 30.1. The van der Waals surface area contributed by atoms with Crippen LogP contribution in [-0.2, 0) is 0 Å². The van der Waals surface area contributed by atoms with Crippen molar-refractivity contribution in [3.8, 4) is 67.5 Å². The summed E-state index contributed by atoms with van der Waals surface area (Å²) in [6, 6.07) is 65.8. The molecule has 0 unspecified atom stereocenters. The Morgan fingerprint density at radius 1 is 0.321 bits per heavy atom. The van der Waals surface area contributed by atoms with Gasteiger partial charge in [0.15, 0.2) is 17.5 Å². The number of benzene rings is 8. The molecule has 0 bridgehead atoms. The Labute approximate surface area is 327 Å². The molecule has 8 aromatic carbocycles. The molecule has 0 aliphatic carbocycles. The van der Waals surface area contributed by atoms with E-state index in [-0.39, 0.29) is 0 Å². The lowest BCUT2D eigenvalue weighted by Gasteiger charge is -2.11. The van der Waals surface area contributed by atoms with E-state index < -0.39 is 0 Å². The van der Waals surface area contributed by atoms with Crippen molar-refractivity contribution in [2.45, 2.75) is 0 Å². The van der Waals surface area contributed by atoms with Gasteiger partial charge in [-0.05, 0) is 69.8 Å². The largest absolute Gasteiger partial charge is 0.456 e. The van der Waals surface area contributed by atoms with Crippen LogP contribution in [0, 0.1) is 0 Å². The summed E-state index contributed by atoms with van der Waals surface area (Å²) >= 11 is 1.85. The van der Waals surface area contributed by atoms with Gasteiger partial charge in [0.2, 0.25) is 0 Å². The third-order valence-electron chi connectivity index (χ3n) is 10.5. The normalized spacial score (nSPS) is 11.6. The lowest BCUT2D eigenvalue weighted by Crippen LogP contribution is -2.00. The molecule has 0 N–H and O–H groups in total. The minimum Gasteiger partial charge on any atom is -0.456 e. The smallest absolute Gasteiger partial charge is 0.164 e. The SMILES string of the molecule is c1ccc(-c2ccc(-c3cc(-c4cccc5oc6cc(-c7nc(-c8ccccc8)nc(-c8ccccc8)n7)ccc6c45)c4c(c3)sc3ccccc34)cc2)cc1. The molecule has 0 amide bonds. The third kappa shape index (κ3) is 5.56. The lowest BCUT2D eigenvalue weighted by atomic mass is 9.91. The number of fused-ring (bicyclic) bond motifs is 6. The molecule has 56 heavy (non-hydrogen) atoms. The number of aromatic nitrogens is 3.